The molecule has 0 aliphatic carbocycles. The Morgan fingerprint density at radius 2 is 2.09 bits per heavy atom. The lowest BCUT2D eigenvalue weighted by Gasteiger charge is -2.19. The number of carbonyl (C=O) groups is 1. The highest BCUT2D eigenvalue weighted by atomic mass is 16.5. The Hall–Kier alpha value is -2.47. The molecule has 1 aromatic carbocycles. The number of aryl methyl sites for hydroxylation is 1. The predicted octanol–water partition coefficient (Wildman–Crippen LogP) is 3.04. The Morgan fingerprint density at radius 3 is 2.70 bits per heavy atom. The summed E-state index contributed by atoms with van der Waals surface area (Å²) in [7, 11) is 1.57. The largest absolute Gasteiger partial charge is 0.508 e. The fourth-order valence-electron chi connectivity index (χ4n) is 2.28. The Bertz CT molecular complexity index is 654. The molecule has 0 unspecified atom stereocenters. The average molecular weight is 318 g/mol. The SMILES string of the molecule is COC[C@@H](NC(=O)N[C@@H](C)c1cccc(O)c1)c1ccc(C)o1. The second kappa shape index (κ2) is 7.69. The third kappa shape index (κ3) is 4.75. The van der Waals surface area contributed by atoms with Crippen molar-refractivity contribution in [2.75, 3.05) is 13.7 Å². The van der Waals surface area contributed by atoms with E-state index in [1.807, 2.05) is 32.0 Å². The van der Waals surface area contributed by atoms with E-state index in [4.69, 9.17) is 9.15 Å². The molecule has 124 valence electrons. The van der Waals surface area contributed by atoms with Gasteiger partial charge >= 0.3 is 6.03 Å². The fourth-order valence-corrected chi connectivity index (χ4v) is 2.28. The third-order valence-corrected chi connectivity index (χ3v) is 3.46. The Kier molecular flexibility index (Phi) is 5.65. The molecule has 0 aliphatic rings. The molecule has 6 heteroatoms. The van der Waals surface area contributed by atoms with E-state index in [-0.39, 0.29) is 23.9 Å². The quantitative estimate of drug-likeness (QED) is 0.764. The smallest absolute Gasteiger partial charge is 0.315 e. The minimum absolute atomic E-state index is 0.167. The van der Waals surface area contributed by atoms with Crippen LogP contribution in [-0.2, 0) is 4.74 Å². The number of amides is 2. The van der Waals surface area contributed by atoms with Gasteiger partial charge in [0.1, 0.15) is 23.3 Å². The number of methoxy groups -OCH3 is 1. The average Bonchev–Trinajstić information content (AvgIpc) is 2.93. The molecule has 23 heavy (non-hydrogen) atoms. The molecule has 0 spiro atoms. The highest BCUT2D eigenvalue weighted by Crippen LogP contribution is 2.19. The first kappa shape index (κ1) is 16.9. The molecule has 2 amide bonds. The van der Waals surface area contributed by atoms with Crippen LogP contribution in [0.5, 0.6) is 5.75 Å². The standard InChI is InChI=1S/C17H22N2O4/c1-11-7-8-16(23-11)15(10-22-3)19-17(21)18-12(2)13-5-4-6-14(20)9-13/h4-9,12,15,20H,10H2,1-3H3,(H2,18,19,21)/t12-,15+/m0/s1. The predicted molar refractivity (Wildman–Crippen MR) is 86.3 cm³/mol. The van der Waals surface area contributed by atoms with Crippen molar-refractivity contribution >= 4 is 6.03 Å². The normalized spacial score (nSPS) is 13.3. The van der Waals surface area contributed by atoms with Crippen molar-refractivity contribution in [2.45, 2.75) is 25.9 Å². The number of aromatic hydroxyl groups is 1. The molecule has 0 saturated heterocycles. The van der Waals surface area contributed by atoms with Crippen molar-refractivity contribution in [2.24, 2.45) is 0 Å². The number of phenols is 1. The van der Waals surface area contributed by atoms with Gasteiger partial charge in [-0.25, -0.2) is 4.79 Å². The Morgan fingerprint density at radius 1 is 1.30 bits per heavy atom. The van der Waals surface area contributed by atoms with E-state index >= 15 is 0 Å². The lowest BCUT2D eigenvalue weighted by atomic mass is 10.1. The van der Waals surface area contributed by atoms with Crippen molar-refractivity contribution in [3.63, 3.8) is 0 Å². The second-order valence-electron chi connectivity index (χ2n) is 5.39. The minimum Gasteiger partial charge on any atom is -0.508 e. The van der Waals surface area contributed by atoms with E-state index in [2.05, 4.69) is 10.6 Å². The summed E-state index contributed by atoms with van der Waals surface area (Å²) in [6.07, 6.45) is 0. The number of furan rings is 1. The number of rotatable bonds is 6. The summed E-state index contributed by atoms with van der Waals surface area (Å²) in [6, 6.07) is 9.49. The van der Waals surface area contributed by atoms with Crippen LogP contribution in [0.2, 0.25) is 0 Å². The van der Waals surface area contributed by atoms with Crippen molar-refractivity contribution < 1.29 is 19.1 Å². The van der Waals surface area contributed by atoms with Gasteiger partial charge in [-0.15, -0.1) is 0 Å². The molecule has 2 rings (SSSR count). The van der Waals surface area contributed by atoms with Crippen LogP contribution in [0.25, 0.3) is 0 Å². The van der Waals surface area contributed by atoms with E-state index in [9.17, 15) is 9.90 Å². The van der Waals surface area contributed by atoms with Gasteiger partial charge in [-0.2, -0.15) is 0 Å². The van der Waals surface area contributed by atoms with Gasteiger partial charge in [0.15, 0.2) is 0 Å². The molecular weight excluding hydrogens is 296 g/mol. The summed E-state index contributed by atoms with van der Waals surface area (Å²) >= 11 is 0. The maximum absolute atomic E-state index is 12.2. The molecule has 0 radical (unpaired) electrons. The molecule has 0 aliphatic heterocycles. The zero-order chi connectivity index (χ0) is 16.8. The van der Waals surface area contributed by atoms with Crippen LogP contribution in [0.1, 0.15) is 36.1 Å². The van der Waals surface area contributed by atoms with E-state index in [1.165, 1.54) is 0 Å². The third-order valence-electron chi connectivity index (χ3n) is 3.46. The maximum atomic E-state index is 12.2. The molecule has 2 aromatic rings. The monoisotopic (exact) mass is 318 g/mol. The number of hydrogen-bond acceptors (Lipinski definition) is 4. The molecule has 0 bridgehead atoms. The minimum atomic E-state index is -0.370. The molecule has 6 nitrogen and oxygen atoms in total. The highest BCUT2D eigenvalue weighted by Gasteiger charge is 2.19. The number of nitrogens with one attached hydrogen (secondary N) is 2. The number of carbonyl (C=O) groups excluding carboxylic acids is 1. The molecular formula is C17H22N2O4. The van der Waals surface area contributed by atoms with Crippen LogP contribution < -0.4 is 10.6 Å². The molecule has 3 N–H and O–H groups in total. The van der Waals surface area contributed by atoms with Crippen LogP contribution in [0.4, 0.5) is 4.79 Å². The number of benzene rings is 1. The van der Waals surface area contributed by atoms with Crippen molar-refractivity contribution in [1.29, 1.82) is 0 Å². The maximum Gasteiger partial charge on any atom is 0.315 e. The van der Waals surface area contributed by atoms with Crippen LogP contribution in [0.15, 0.2) is 40.8 Å². The van der Waals surface area contributed by atoms with Gasteiger partial charge in [0, 0.05) is 7.11 Å². The summed E-state index contributed by atoms with van der Waals surface area (Å²) < 4.78 is 10.7. The van der Waals surface area contributed by atoms with Crippen LogP contribution in [0.3, 0.4) is 0 Å². The van der Waals surface area contributed by atoms with Crippen LogP contribution >= 0.6 is 0 Å². The van der Waals surface area contributed by atoms with Gasteiger partial charge in [-0.05, 0) is 43.7 Å². The van der Waals surface area contributed by atoms with Gasteiger partial charge in [0.25, 0.3) is 0 Å². The molecule has 1 aromatic heterocycles. The van der Waals surface area contributed by atoms with Crippen LogP contribution in [-0.4, -0.2) is 24.9 Å². The summed E-state index contributed by atoms with van der Waals surface area (Å²) in [5, 5.41) is 15.2. The van der Waals surface area contributed by atoms with E-state index in [0.717, 1.165) is 11.3 Å². The highest BCUT2D eigenvalue weighted by molar-refractivity contribution is 5.74. The molecule has 2 atom stereocenters. The number of ether oxygens (including phenoxy) is 1. The van der Waals surface area contributed by atoms with Crippen molar-refractivity contribution in [3.8, 4) is 5.75 Å². The Labute approximate surface area is 135 Å². The van der Waals surface area contributed by atoms with E-state index < -0.39 is 0 Å². The summed E-state index contributed by atoms with van der Waals surface area (Å²) in [5.41, 5.74) is 0.817. The van der Waals surface area contributed by atoms with Crippen molar-refractivity contribution in [1.82, 2.24) is 10.6 Å². The zero-order valence-electron chi connectivity index (χ0n) is 13.5. The Balaban J connectivity index is 1.98. The first-order valence-corrected chi connectivity index (χ1v) is 7.41. The van der Waals surface area contributed by atoms with Gasteiger partial charge in [0.2, 0.25) is 0 Å². The molecule has 0 fully saturated rings. The number of hydrogen-bond donors (Lipinski definition) is 3. The lowest BCUT2D eigenvalue weighted by molar-refractivity contribution is 0.156. The number of urea groups is 1. The summed E-state index contributed by atoms with van der Waals surface area (Å²) in [4.78, 5) is 12.2. The van der Waals surface area contributed by atoms with Crippen molar-refractivity contribution in [3.05, 3.63) is 53.5 Å². The summed E-state index contributed by atoms with van der Waals surface area (Å²) in [6.45, 7) is 4.00. The van der Waals surface area contributed by atoms with Gasteiger partial charge in [-0.1, -0.05) is 12.1 Å². The first-order chi connectivity index (χ1) is 11.0. The van der Waals surface area contributed by atoms with Crippen LogP contribution in [0, 0.1) is 6.92 Å². The van der Waals surface area contributed by atoms with E-state index in [1.54, 1.807) is 25.3 Å². The first-order valence-electron chi connectivity index (χ1n) is 7.41. The number of phenolic OH excluding ortho intramolecular Hbond substituents is 1. The fraction of sp³-hybridized carbons (Fsp3) is 0.353. The van der Waals surface area contributed by atoms with E-state index in [0.29, 0.717) is 12.4 Å². The van der Waals surface area contributed by atoms with Gasteiger partial charge in [0.05, 0.1) is 12.6 Å². The molecule has 0 saturated carbocycles. The summed E-state index contributed by atoms with van der Waals surface area (Å²) in [5.74, 6) is 1.58. The van der Waals surface area contributed by atoms with Gasteiger partial charge in [-0.3, -0.25) is 0 Å². The lowest BCUT2D eigenvalue weighted by Crippen LogP contribution is -2.40. The topological polar surface area (TPSA) is 83.7 Å². The zero-order valence-corrected chi connectivity index (χ0v) is 13.5. The van der Waals surface area contributed by atoms with Gasteiger partial charge < -0.3 is 24.9 Å². The molecule has 1 heterocycles. The second-order valence-corrected chi connectivity index (χ2v) is 5.39.